The Labute approximate surface area is 132 Å². The molecular weight excluding hydrogens is 274 g/mol. The highest BCUT2D eigenvalue weighted by Gasteiger charge is 2.44. The molecule has 3 rings (SSSR count). The first-order valence-corrected chi connectivity index (χ1v) is 8.23. The van der Waals surface area contributed by atoms with Gasteiger partial charge in [-0.2, -0.15) is 0 Å². The third-order valence-corrected chi connectivity index (χ3v) is 5.04. The molecule has 1 spiro atoms. The van der Waals surface area contributed by atoms with Crippen molar-refractivity contribution in [3.8, 4) is 0 Å². The van der Waals surface area contributed by atoms with Crippen LogP contribution in [0.1, 0.15) is 41.9 Å². The van der Waals surface area contributed by atoms with Gasteiger partial charge >= 0.3 is 0 Å². The van der Waals surface area contributed by atoms with Gasteiger partial charge < -0.3 is 4.90 Å². The van der Waals surface area contributed by atoms with Crippen LogP contribution in [0.5, 0.6) is 0 Å². The molecule has 2 aliphatic rings. The summed E-state index contributed by atoms with van der Waals surface area (Å²) in [5.41, 5.74) is 1.63. The van der Waals surface area contributed by atoms with Gasteiger partial charge in [0, 0.05) is 30.9 Å². The lowest BCUT2D eigenvalue weighted by atomic mass is 9.86. The van der Waals surface area contributed by atoms with Crippen LogP contribution in [0.25, 0.3) is 0 Å². The van der Waals surface area contributed by atoms with E-state index in [1.165, 1.54) is 19.3 Å². The molecule has 22 heavy (non-hydrogen) atoms. The molecule has 2 aliphatic heterocycles. The second-order valence-electron chi connectivity index (χ2n) is 6.56. The number of rotatable bonds is 3. The first-order valence-electron chi connectivity index (χ1n) is 8.23. The third kappa shape index (κ3) is 2.80. The predicted octanol–water partition coefficient (Wildman–Crippen LogP) is 2.65. The smallest absolute Gasteiger partial charge is 0.272 e. The molecule has 2 saturated heterocycles. The van der Waals surface area contributed by atoms with E-state index in [-0.39, 0.29) is 11.4 Å². The summed E-state index contributed by atoms with van der Waals surface area (Å²) in [6.45, 7) is 9.53. The highest BCUT2D eigenvalue weighted by molar-refractivity contribution is 5.92. The summed E-state index contributed by atoms with van der Waals surface area (Å²) in [6, 6.07) is 5.67. The number of hydrogen-bond donors (Lipinski definition) is 0. The van der Waals surface area contributed by atoms with Gasteiger partial charge in [0.1, 0.15) is 5.69 Å². The predicted molar refractivity (Wildman–Crippen MR) is 87.8 cm³/mol. The number of nitrogens with zero attached hydrogens (tertiary/aromatic N) is 3. The largest absolute Gasteiger partial charge is 0.335 e. The number of piperidine rings is 1. The normalized spacial score (nSPS) is 25.6. The van der Waals surface area contributed by atoms with Crippen LogP contribution < -0.4 is 0 Å². The zero-order valence-electron chi connectivity index (χ0n) is 13.4. The Morgan fingerprint density at radius 3 is 2.86 bits per heavy atom. The molecule has 1 aromatic heterocycles. The van der Waals surface area contributed by atoms with Crippen molar-refractivity contribution < 1.29 is 4.79 Å². The molecule has 3 heterocycles. The lowest BCUT2D eigenvalue weighted by Crippen LogP contribution is -2.57. The van der Waals surface area contributed by atoms with Gasteiger partial charge in [-0.3, -0.25) is 9.69 Å². The van der Waals surface area contributed by atoms with Crippen LogP contribution in [0.4, 0.5) is 0 Å². The molecular formula is C18H25N3O. The quantitative estimate of drug-likeness (QED) is 0.805. The van der Waals surface area contributed by atoms with Crippen molar-refractivity contribution in [1.82, 2.24) is 14.8 Å². The number of aromatic nitrogens is 1. The van der Waals surface area contributed by atoms with Gasteiger partial charge in [0.2, 0.25) is 0 Å². The summed E-state index contributed by atoms with van der Waals surface area (Å²) < 4.78 is 0. The highest BCUT2D eigenvalue weighted by atomic mass is 16.2. The van der Waals surface area contributed by atoms with Crippen LogP contribution in [-0.4, -0.2) is 52.4 Å². The van der Waals surface area contributed by atoms with Gasteiger partial charge in [-0.25, -0.2) is 4.98 Å². The van der Waals surface area contributed by atoms with Crippen molar-refractivity contribution in [3.05, 3.63) is 42.2 Å². The number of pyridine rings is 1. The Balaban J connectivity index is 1.78. The summed E-state index contributed by atoms with van der Waals surface area (Å²) >= 11 is 0. The monoisotopic (exact) mass is 299 g/mol. The van der Waals surface area contributed by atoms with Crippen LogP contribution >= 0.6 is 0 Å². The average molecular weight is 299 g/mol. The van der Waals surface area contributed by atoms with E-state index in [9.17, 15) is 4.79 Å². The molecule has 4 nitrogen and oxygen atoms in total. The average Bonchev–Trinajstić information content (AvgIpc) is 2.89. The highest BCUT2D eigenvalue weighted by Crippen LogP contribution is 2.37. The van der Waals surface area contributed by atoms with Crippen molar-refractivity contribution in [2.45, 2.75) is 38.1 Å². The van der Waals surface area contributed by atoms with Crippen LogP contribution in [-0.2, 0) is 0 Å². The molecule has 0 aliphatic carbocycles. The van der Waals surface area contributed by atoms with Gasteiger partial charge in [-0.15, -0.1) is 6.58 Å². The van der Waals surface area contributed by atoms with E-state index in [2.05, 4.69) is 16.5 Å². The Kier molecular flexibility index (Phi) is 4.30. The standard InChI is InChI=1S/C18H25N3O/c1-3-11-21-13-6-10-18(21)9-5-12-20(14-18)17(22)16-8-4-7-15(2)19-16/h3-4,7-8H,1,5-6,9-14H2,2H3/t18-/m1/s1. The van der Waals surface area contributed by atoms with Crippen molar-refractivity contribution in [1.29, 1.82) is 0 Å². The molecule has 0 N–H and O–H groups in total. The molecule has 1 aromatic rings. The van der Waals surface area contributed by atoms with Crippen molar-refractivity contribution >= 4 is 5.91 Å². The van der Waals surface area contributed by atoms with Crippen LogP contribution in [0, 0.1) is 6.92 Å². The fourth-order valence-electron chi connectivity index (χ4n) is 4.01. The number of likely N-dealkylation sites (tertiary alicyclic amines) is 2. The van der Waals surface area contributed by atoms with E-state index >= 15 is 0 Å². The Morgan fingerprint density at radius 2 is 2.14 bits per heavy atom. The fourth-order valence-corrected chi connectivity index (χ4v) is 4.01. The molecule has 0 saturated carbocycles. The minimum Gasteiger partial charge on any atom is -0.335 e. The first-order chi connectivity index (χ1) is 10.6. The van der Waals surface area contributed by atoms with E-state index in [0.717, 1.165) is 38.3 Å². The van der Waals surface area contributed by atoms with Gasteiger partial charge in [0.15, 0.2) is 0 Å². The fraction of sp³-hybridized carbons (Fsp3) is 0.556. The van der Waals surface area contributed by atoms with Crippen molar-refractivity contribution in [2.75, 3.05) is 26.2 Å². The van der Waals surface area contributed by atoms with Crippen molar-refractivity contribution in [3.63, 3.8) is 0 Å². The van der Waals surface area contributed by atoms with Crippen molar-refractivity contribution in [2.24, 2.45) is 0 Å². The lowest BCUT2D eigenvalue weighted by Gasteiger charge is -2.45. The first kappa shape index (κ1) is 15.2. The number of amides is 1. The Morgan fingerprint density at radius 1 is 1.36 bits per heavy atom. The molecule has 1 amide bonds. The van der Waals surface area contributed by atoms with Crippen LogP contribution in [0.2, 0.25) is 0 Å². The molecule has 4 heteroatoms. The topological polar surface area (TPSA) is 36.4 Å². The molecule has 1 atom stereocenters. The SMILES string of the molecule is C=CCN1CCC[C@@]12CCCN(C(=O)c1cccc(C)n1)C2. The van der Waals surface area contributed by atoms with Gasteiger partial charge in [0.25, 0.3) is 5.91 Å². The minimum absolute atomic E-state index is 0.0771. The van der Waals surface area contributed by atoms with Gasteiger partial charge in [0.05, 0.1) is 0 Å². The van der Waals surface area contributed by atoms with E-state index < -0.39 is 0 Å². The Bertz CT molecular complexity index is 571. The third-order valence-electron chi connectivity index (χ3n) is 5.04. The van der Waals surface area contributed by atoms with Crippen LogP contribution in [0.3, 0.4) is 0 Å². The number of carbonyl (C=O) groups excluding carboxylic acids is 1. The Hall–Kier alpha value is -1.68. The summed E-state index contributed by atoms with van der Waals surface area (Å²) in [4.78, 5) is 21.7. The maximum atomic E-state index is 12.8. The molecule has 0 unspecified atom stereocenters. The molecule has 0 aromatic carbocycles. The van der Waals surface area contributed by atoms with E-state index in [4.69, 9.17) is 0 Å². The zero-order valence-corrected chi connectivity index (χ0v) is 13.4. The second kappa shape index (κ2) is 6.21. The molecule has 0 radical (unpaired) electrons. The summed E-state index contributed by atoms with van der Waals surface area (Å²) in [5.74, 6) is 0.0771. The summed E-state index contributed by atoms with van der Waals surface area (Å²) in [5, 5.41) is 0. The van der Waals surface area contributed by atoms with Gasteiger partial charge in [-0.05, 0) is 51.3 Å². The molecule has 0 bridgehead atoms. The summed E-state index contributed by atoms with van der Waals surface area (Å²) in [7, 11) is 0. The molecule has 118 valence electrons. The number of aryl methyl sites for hydroxylation is 1. The lowest BCUT2D eigenvalue weighted by molar-refractivity contribution is 0.0362. The minimum atomic E-state index is 0.0771. The van der Waals surface area contributed by atoms with Crippen LogP contribution in [0.15, 0.2) is 30.9 Å². The second-order valence-corrected chi connectivity index (χ2v) is 6.56. The van der Waals surface area contributed by atoms with E-state index in [1.807, 2.05) is 36.1 Å². The number of hydrogen-bond acceptors (Lipinski definition) is 3. The number of carbonyl (C=O) groups is 1. The van der Waals surface area contributed by atoms with E-state index in [1.54, 1.807) is 0 Å². The maximum absolute atomic E-state index is 12.8. The molecule has 2 fully saturated rings. The maximum Gasteiger partial charge on any atom is 0.272 e. The van der Waals surface area contributed by atoms with E-state index in [0.29, 0.717) is 5.69 Å². The summed E-state index contributed by atoms with van der Waals surface area (Å²) in [6.07, 6.45) is 6.65. The van der Waals surface area contributed by atoms with Gasteiger partial charge in [-0.1, -0.05) is 12.1 Å². The zero-order chi connectivity index (χ0) is 15.6.